The number of phenols is 1. The van der Waals surface area contributed by atoms with Crippen LogP contribution in [-0.2, 0) is 22.6 Å². The highest BCUT2D eigenvalue weighted by molar-refractivity contribution is 6.31. The standard InChI is InChI=1S/C30H30ClF3O4/c1-2-37-29(35)10-6-3-7-20(15-21-16-26(33)30(36)27(34)17-21)11-12-22-18-24(32)13-14-28(22)38-19-23-8-4-5-9-25(23)31/h4-5,8-9,11-14,16-18,20,36H,2-3,6-7,10,15,19H2,1H3/b12-11+. The molecule has 0 radical (unpaired) electrons. The molecule has 0 aromatic heterocycles. The highest BCUT2D eigenvalue weighted by Gasteiger charge is 2.14. The summed E-state index contributed by atoms with van der Waals surface area (Å²) in [4.78, 5) is 11.6. The lowest BCUT2D eigenvalue weighted by atomic mass is 9.92. The van der Waals surface area contributed by atoms with Gasteiger partial charge in [0.2, 0.25) is 0 Å². The number of aromatic hydroxyl groups is 1. The van der Waals surface area contributed by atoms with Gasteiger partial charge in [0.15, 0.2) is 17.4 Å². The van der Waals surface area contributed by atoms with Crippen LogP contribution in [0.5, 0.6) is 11.5 Å². The average Bonchev–Trinajstić information content (AvgIpc) is 2.88. The molecule has 0 amide bonds. The SMILES string of the molecule is CCOC(=O)CCCCC(/C=C/c1cc(F)ccc1OCc1ccccc1Cl)Cc1cc(F)c(O)c(F)c1. The molecule has 3 aromatic rings. The van der Waals surface area contributed by atoms with Crippen molar-refractivity contribution in [2.24, 2.45) is 5.92 Å². The van der Waals surface area contributed by atoms with Gasteiger partial charge in [0.25, 0.3) is 0 Å². The second-order valence-electron chi connectivity index (χ2n) is 8.84. The van der Waals surface area contributed by atoms with E-state index < -0.39 is 23.2 Å². The van der Waals surface area contributed by atoms with Gasteiger partial charge in [-0.25, -0.2) is 13.2 Å². The molecular weight excluding hydrogens is 517 g/mol. The van der Waals surface area contributed by atoms with E-state index in [0.717, 1.165) is 17.7 Å². The summed E-state index contributed by atoms with van der Waals surface area (Å²) in [5.74, 6) is -3.55. The Labute approximate surface area is 225 Å². The summed E-state index contributed by atoms with van der Waals surface area (Å²) >= 11 is 6.21. The molecule has 0 spiro atoms. The number of esters is 1. The number of unbranched alkanes of at least 4 members (excludes halogenated alkanes) is 1. The van der Waals surface area contributed by atoms with E-state index in [1.165, 1.54) is 18.2 Å². The predicted octanol–water partition coefficient (Wildman–Crippen LogP) is 8.04. The molecule has 8 heteroatoms. The summed E-state index contributed by atoms with van der Waals surface area (Å²) in [5.41, 5.74) is 1.65. The maximum atomic E-state index is 14.1. The average molecular weight is 547 g/mol. The normalized spacial score (nSPS) is 12.0. The second-order valence-corrected chi connectivity index (χ2v) is 9.25. The Morgan fingerprint density at radius 1 is 1.05 bits per heavy atom. The Morgan fingerprint density at radius 2 is 1.79 bits per heavy atom. The molecule has 1 atom stereocenters. The minimum absolute atomic E-state index is 0.190. The molecule has 38 heavy (non-hydrogen) atoms. The first-order valence-corrected chi connectivity index (χ1v) is 12.8. The summed E-state index contributed by atoms with van der Waals surface area (Å²) in [6, 6.07) is 13.6. The van der Waals surface area contributed by atoms with Crippen LogP contribution in [0.25, 0.3) is 6.08 Å². The van der Waals surface area contributed by atoms with Gasteiger partial charge in [-0.2, -0.15) is 0 Å². The van der Waals surface area contributed by atoms with Gasteiger partial charge < -0.3 is 14.6 Å². The van der Waals surface area contributed by atoms with Crippen molar-refractivity contribution < 1.29 is 32.5 Å². The molecule has 4 nitrogen and oxygen atoms in total. The summed E-state index contributed by atoms with van der Waals surface area (Å²) in [5, 5.41) is 9.99. The van der Waals surface area contributed by atoms with Crippen LogP contribution in [0, 0.1) is 23.4 Å². The van der Waals surface area contributed by atoms with Crippen LogP contribution in [0.1, 0.15) is 49.3 Å². The van der Waals surface area contributed by atoms with Crippen LogP contribution < -0.4 is 4.74 Å². The van der Waals surface area contributed by atoms with Gasteiger partial charge in [-0.3, -0.25) is 4.79 Å². The van der Waals surface area contributed by atoms with Crippen LogP contribution in [0.4, 0.5) is 13.2 Å². The van der Waals surface area contributed by atoms with Crippen molar-refractivity contribution in [3.05, 3.63) is 99.8 Å². The quantitative estimate of drug-likeness (QED) is 0.174. The molecule has 0 aliphatic carbocycles. The first-order chi connectivity index (χ1) is 18.3. The second kappa shape index (κ2) is 14.5. The minimum Gasteiger partial charge on any atom is -0.503 e. The van der Waals surface area contributed by atoms with Gasteiger partial charge in [-0.15, -0.1) is 0 Å². The van der Waals surface area contributed by atoms with E-state index in [4.69, 9.17) is 21.1 Å². The molecule has 0 bridgehead atoms. The molecule has 0 saturated heterocycles. The highest BCUT2D eigenvalue weighted by Crippen LogP contribution is 2.28. The number of hydrogen-bond acceptors (Lipinski definition) is 4. The van der Waals surface area contributed by atoms with Crippen molar-refractivity contribution in [2.45, 2.75) is 45.6 Å². The van der Waals surface area contributed by atoms with E-state index in [-0.39, 0.29) is 31.3 Å². The summed E-state index contributed by atoms with van der Waals surface area (Å²) in [7, 11) is 0. The van der Waals surface area contributed by atoms with E-state index in [2.05, 4.69) is 0 Å². The van der Waals surface area contributed by atoms with E-state index in [9.17, 15) is 23.1 Å². The Morgan fingerprint density at radius 3 is 2.50 bits per heavy atom. The zero-order chi connectivity index (χ0) is 27.5. The molecule has 0 fully saturated rings. The van der Waals surface area contributed by atoms with Crippen molar-refractivity contribution in [1.29, 1.82) is 0 Å². The van der Waals surface area contributed by atoms with Gasteiger partial charge in [0, 0.05) is 22.6 Å². The third-order valence-corrected chi connectivity index (χ3v) is 6.32. The first-order valence-electron chi connectivity index (χ1n) is 12.4. The predicted molar refractivity (Wildman–Crippen MR) is 142 cm³/mol. The molecule has 0 saturated carbocycles. The fraction of sp³-hybridized carbons (Fsp3) is 0.300. The summed E-state index contributed by atoms with van der Waals surface area (Å²) < 4.78 is 52.8. The number of carbonyl (C=O) groups excluding carboxylic acids is 1. The molecular formula is C30H30ClF3O4. The van der Waals surface area contributed by atoms with Gasteiger partial charge >= 0.3 is 5.97 Å². The lowest BCUT2D eigenvalue weighted by molar-refractivity contribution is -0.143. The molecule has 3 rings (SSSR count). The number of allylic oxidation sites excluding steroid dienone is 1. The van der Waals surface area contributed by atoms with Crippen LogP contribution in [0.15, 0.2) is 60.7 Å². The van der Waals surface area contributed by atoms with Crippen LogP contribution >= 0.6 is 11.6 Å². The Balaban J connectivity index is 1.77. The lowest BCUT2D eigenvalue weighted by Crippen LogP contribution is -2.06. The van der Waals surface area contributed by atoms with Crippen LogP contribution in [0.2, 0.25) is 5.02 Å². The van der Waals surface area contributed by atoms with E-state index in [0.29, 0.717) is 47.8 Å². The number of phenolic OH excluding ortho intramolecular Hbond substituents is 1. The fourth-order valence-corrected chi connectivity index (χ4v) is 4.20. The largest absolute Gasteiger partial charge is 0.503 e. The van der Waals surface area contributed by atoms with Gasteiger partial charge in [-0.1, -0.05) is 48.4 Å². The molecule has 0 aliphatic rings. The minimum atomic E-state index is -1.04. The lowest BCUT2D eigenvalue weighted by Gasteiger charge is -2.15. The fourth-order valence-electron chi connectivity index (χ4n) is 4.01. The first kappa shape index (κ1) is 29.1. The number of rotatable bonds is 13. The zero-order valence-electron chi connectivity index (χ0n) is 21.1. The summed E-state index contributed by atoms with van der Waals surface area (Å²) in [6.07, 6.45) is 5.96. The van der Waals surface area contributed by atoms with Gasteiger partial charge in [-0.05, 0) is 74.1 Å². The summed E-state index contributed by atoms with van der Waals surface area (Å²) in [6.45, 7) is 2.25. The highest BCUT2D eigenvalue weighted by atomic mass is 35.5. The van der Waals surface area contributed by atoms with Gasteiger partial charge in [0.1, 0.15) is 18.2 Å². The number of ether oxygens (including phenoxy) is 2. The molecule has 202 valence electrons. The number of carbonyl (C=O) groups is 1. The molecule has 1 N–H and O–H groups in total. The van der Waals surface area contributed by atoms with Crippen molar-refractivity contribution in [3.63, 3.8) is 0 Å². The van der Waals surface area contributed by atoms with Crippen LogP contribution in [-0.4, -0.2) is 17.7 Å². The number of benzene rings is 3. The number of hydrogen-bond donors (Lipinski definition) is 1. The molecule has 1 unspecified atom stereocenters. The van der Waals surface area contributed by atoms with Crippen molar-refractivity contribution >= 4 is 23.6 Å². The zero-order valence-corrected chi connectivity index (χ0v) is 21.8. The van der Waals surface area contributed by atoms with E-state index in [1.54, 1.807) is 19.1 Å². The molecule has 3 aromatic carbocycles. The van der Waals surface area contributed by atoms with Crippen molar-refractivity contribution in [1.82, 2.24) is 0 Å². The maximum absolute atomic E-state index is 14.1. The van der Waals surface area contributed by atoms with Crippen molar-refractivity contribution in [3.8, 4) is 11.5 Å². The third kappa shape index (κ3) is 8.84. The van der Waals surface area contributed by atoms with Gasteiger partial charge in [0.05, 0.1) is 6.61 Å². The van der Waals surface area contributed by atoms with Crippen LogP contribution in [0.3, 0.4) is 0 Å². The Hall–Kier alpha value is -3.45. The Kier molecular flexibility index (Phi) is 11.1. The topological polar surface area (TPSA) is 55.8 Å². The number of halogens is 4. The molecule has 0 heterocycles. The van der Waals surface area contributed by atoms with E-state index >= 15 is 0 Å². The third-order valence-electron chi connectivity index (χ3n) is 5.95. The van der Waals surface area contributed by atoms with E-state index in [1.807, 2.05) is 24.3 Å². The maximum Gasteiger partial charge on any atom is 0.305 e. The monoisotopic (exact) mass is 546 g/mol. The Bertz CT molecular complexity index is 1240. The molecule has 0 aliphatic heterocycles. The van der Waals surface area contributed by atoms with Crippen molar-refractivity contribution in [2.75, 3.05) is 6.61 Å². The smallest absolute Gasteiger partial charge is 0.305 e.